The summed E-state index contributed by atoms with van der Waals surface area (Å²) < 4.78 is 5.16. The zero-order valence-corrected chi connectivity index (χ0v) is 14.5. The van der Waals surface area contributed by atoms with Crippen LogP contribution < -0.4 is 10.1 Å². The first-order valence-corrected chi connectivity index (χ1v) is 8.13. The van der Waals surface area contributed by atoms with E-state index in [1.807, 2.05) is 31.2 Å². The van der Waals surface area contributed by atoms with Crippen LogP contribution in [0.25, 0.3) is 5.57 Å². The quantitative estimate of drug-likeness (QED) is 0.852. The molecule has 1 N–H and O–H groups in total. The second-order valence-corrected chi connectivity index (χ2v) is 5.83. The van der Waals surface area contributed by atoms with E-state index in [1.165, 1.54) is 4.90 Å². The number of carbonyl (C=O) groups excluding carboxylic acids is 2. The van der Waals surface area contributed by atoms with E-state index < -0.39 is 0 Å². The number of imide groups is 1. The predicted octanol–water partition coefficient (Wildman–Crippen LogP) is 3.22. The number of nitrogens with one attached hydrogen (secondary N) is 1. The van der Waals surface area contributed by atoms with Crippen LogP contribution in [-0.4, -0.2) is 30.4 Å². The van der Waals surface area contributed by atoms with E-state index in [9.17, 15) is 9.59 Å². The van der Waals surface area contributed by atoms with E-state index in [2.05, 4.69) is 5.32 Å². The Kier molecular flexibility index (Phi) is 4.57. The molecule has 0 aliphatic carbocycles. The van der Waals surface area contributed by atoms with Crippen molar-refractivity contribution in [3.05, 3.63) is 65.4 Å². The molecule has 2 aromatic rings. The molecule has 1 aliphatic heterocycles. The molecule has 0 unspecified atom stereocenters. The van der Waals surface area contributed by atoms with E-state index in [1.54, 1.807) is 38.3 Å². The summed E-state index contributed by atoms with van der Waals surface area (Å²) in [6.45, 7) is 4.09. The van der Waals surface area contributed by atoms with Gasteiger partial charge in [0.05, 0.1) is 12.7 Å². The number of benzene rings is 2. The maximum absolute atomic E-state index is 12.7. The lowest BCUT2D eigenvalue weighted by Crippen LogP contribution is -2.32. The third-order valence-electron chi connectivity index (χ3n) is 4.15. The van der Waals surface area contributed by atoms with Crippen LogP contribution in [0.15, 0.2) is 54.2 Å². The van der Waals surface area contributed by atoms with Gasteiger partial charge in [-0.2, -0.15) is 0 Å². The van der Waals surface area contributed by atoms with Gasteiger partial charge >= 0.3 is 0 Å². The van der Waals surface area contributed by atoms with Gasteiger partial charge in [-0.3, -0.25) is 14.5 Å². The summed E-state index contributed by atoms with van der Waals surface area (Å²) in [7, 11) is 1.59. The smallest absolute Gasteiger partial charge is 0.278 e. The second-order valence-electron chi connectivity index (χ2n) is 5.83. The largest absolute Gasteiger partial charge is 0.497 e. The Morgan fingerprint density at radius 2 is 1.76 bits per heavy atom. The van der Waals surface area contributed by atoms with Crippen molar-refractivity contribution in [2.75, 3.05) is 19.0 Å². The molecular weight excluding hydrogens is 316 g/mol. The van der Waals surface area contributed by atoms with E-state index in [4.69, 9.17) is 4.74 Å². The zero-order chi connectivity index (χ0) is 18.0. The average molecular weight is 336 g/mol. The Bertz CT molecular complexity index is 853. The third-order valence-corrected chi connectivity index (χ3v) is 4.15. The van der Waals surface area contributed by atoms with E-state index in [-0.39, 0.29) is 11.8 Å². The molecule has 1 heterocycles. The molecule has 2 amide bonds. The lowest BCUT2D eigenvalue weighted by Gasteiger charge is -2.12. The van der Waals surface area contributed by atoms with Crippen molar-refractivity contribution in [1.29, 1.82) is 0 Å². The number of nitrogens with zero attached hydrogens (tertiary/aromatic N) is 1. The minimum atomic E-state index is -0.306. The molecule has 0 atom stereocenters. The third kappa shape index (κ3) is 3.13. The molecule has 0 saturated heterocycles. The molecule has 0 fully saturated rings. The van der Waals surface area contributed by atoms with Gasteiger partial charge in [0.2, 0.25) is 0 Å². The molecule has 25 heavy (non-hydrogen) atoms. The van der Waals surface area contributed by atoms with Gasteiger partial charge in [-0.05, 0) is 49.2 Å². The average Bonchev–Trinajstić information content (AvgIpc) is 2.85. The summed E-state index contributed by atoms with van der Waals surface area (Å²) >= 11 is 0. The number of aryl methyl sites for hydroxylation is 1. The van der Waals surface area contributed by atoms with Gasteiger partial charge in [-0.1, -0.05) is 24.3 Å². The van der Waals surface area contributed by atoms with Crippen molar-refractivity contribution >= 4 is 23.1 Å². The van der Waals surface area contributed by atoms with Crippen LogP contribution in [0, 0.1) is 6.92 Å². The van der Waals surface area contributed by atoms with Crippen molar-refractivity contribution in [1.82, 2.24) is 4.90 Å². The standard InChI is InChI=1S/C20H20N2O3/c1-4-22-19(23)17(14-8-10-16(25-3)11-9-14)18(20(22)24)21-15-7-5-6-13(2)12-15/h5-12,21H,4H2,1-3H3. The number of amides is 2. The summed E-state index contributed by atoms with van der Waals surface area (Å²) in [6, 6.07) is 14.8. The van der Waals surface area contributed by atoms with Crippen LogP contribution in [-0.2, 0) is 9.59 Å². The van der Waals surface area contributed by atoms with Crippen LogP contribution in [0.2, 0.25) is 0 Å². The van der Waals surface area contributed by atoms with E-state index in [0.29, 0.717) is 29.1 Å². The Labute approximate surface area is 146 Å². The Hall–Kier alpha value is -3.08. The normalized spacial score (nSPS) is 14.3. The first kappa shape index (κ1) is 16.8. The Morgan fingerprint density at radius 3 is 2.36 bits per heavy atom. The van der Waals surface area contributed by atoms with Gasteiger partial charge in [-0.15, -0.1) is 0 Å². The minimum absolute atomic E-state index is 0.284. The SMILES string of the molecule is CCN1C(=O)C(Nc2cccc(C)c2)=C(c2ccc(OC)cc2)C1=O. The highest BCUT2D eigenvalue weighted by atomic mass is 16.5. The zero-order valence-electron chi connectivity index (χ0n) is 14.5. The minimum Gasteiger partial charge on any atom is -0.497 e. The number of ether oxygens (including phenoxy) is 1. The fourth-order valence-corrected chi connectivity index (χ4v) is 2.87. The number of methoxy groups -OCH3 is 1. The molecule has 0 saturated carbocycles. The summed E-state index contributed by atoms with van der Waals surface area (Å²) in [4.78, 5) is 26.7. The highest BCUT2D eigenvalue weighted by Crippen LogP contribution is 2.31. The van der Waals surface area contributed by atoms with Crippen molar-refractivity contribution in [3.63, 3.8) is 0 Å². The second kappa shape index (κ2) is 6.81. The summed E-state index contributed by atoms with van der Waals surface area (Å²) in [6.07, 6.45) is 0. The van der Waals surface area contributed by atoms with E-state index in [0.717, 1.165) is 11.3 Å². The predicted molar refractivity (Wildman–Crippen MR) is 97.1 cm³/mol. The first-order chi connectivity index (χ1) is 12.0. The highest BCUT2D eigenvalue weighted by Gasteiger charge is 2.38. The number of likely N-dealkylation sites (N-methyl/N-ethyl adjacent to an activating group) is 1. The van der Waals surface area contributed by atoms with Crippen molar-refractivity contribution in [3.8, 4) is 5.75 Å². The van der Waals surface area contributed by atoms with Gasteiger partial charge in [0.1, 0.15) is 11.4 Å². The van der Waals surface area contributed by atoms with E-state index >= 15 is 0 Å². The topological polar surface area (TPSA) is 58.6 Å². The number of rotatable bonds is 5. The van der Waals surface area contributed by atoms with Crippen LogP contribution >= 0.6 is 0 Å². The lowest BCUT2D eigenvalue weighted by molar-refractivity contribution is -0.136. The van der Waals surface area contributed by atoms with Crippen LogP contribution in [0.5, 0.6) is 5.75 Å². The molecule has 1 aliphatic rings. The molecule has 2 aromatic carbocycles. The van der Waals surface area contributed by atoms with Crippen molar-refractivity contribution in [2.45, 2.75) is 13.8 Å². The molecule has 0 bridgehead atoms. The molecule has 0 spiro atoms. The fraction of sp³-hybridized carbons (Fsp3) is 0.200. The van der Waals surface area contributed by atoms with Crippen LogP contribution in [0.3, 0.4) is 0 Å². The van der Waals surface area contributed by atoms with Crippen LogP contribution in [0.4, 0.5) is 5.69 Å². The summed E-state index contributed by atoms with van der Waals surface area (Å²) in [5, 5.41) is 3.14. The Morgan fingerprint density at radius 1 is 1.04 bits per heavy atom. The number of carbonyl (C=O) groups is 2. The lowest BCUT2D eigenvalue weighted by atomic mass is 10.0. The van der Waals surface area contributed by atoms with Gasteiger partial charge < -0.3 is 10.1 Å². The van der Waals surface area contributed by atoms with Gasteiger partial charge in [-0.25, -0.2) is 0 Å². The monoisotopic (exact) mass is 336 g/mol. The molecule has 3 rings (SSSR count). The molecule has 0 radical (unpaired) electrons. The number of hydrogen-bond donors (Lipinski definition) is 1. The van der Waals surface area contributed by atoms with Crippen molar-refractivity contribution < 1.29 is 14.3 Å². The molecule has 5 nitrogen and oxygen atoms in total. The maximum atomic E-state index is 12.7. The van der Waals surface area contributed by atoms with Gasteiger partial charge in [0.15, 0.2) is 0 Å². The number of anilines is 1. The fourth-order valence-electron chi connectivity index (χ4n) is 2.87. The van der Waals surface area contributed by atoms with Gasteiger partial charge in [0.25, 0.3) is 11.8 Å². The maximum Gasteiger partial charge on any atom is 0.278 e. The molecule has 0 aromatic heterocycles. The molecular formula is C20H20N2O3. The van der Waals surface area contributed by atoms with Crippen LogP contribution in [0.1, 0.15) is 18.1 Å². The number of hydrogen-bond acceptors (Lipinski definition) is 4. The molecule has 5 heteroatoms. The summed E-state index contributed by atoms with van der Waals surface area (Å²) in [5.74, 6) is 0.106. The first-order valence-electron chi connectivity index (χ1n) is 8.13. The summed E-state index contributed by atoms with van der Waals surface area (Å²) in [5.41, 5.74) is 3.23. The Balaban J connectivity index is 2.07. The van der Waals surface area contributed by atoms with Gasteiger partial charge in [0, 0.05) is 12.2 Å². The highest BCUT2D eigenvalue weighted by molar-refractivity contribution is 6.36. The van der Waals surface area contributed by atoms with Crippen molar-refractivity contribution in [2.24, 2.45) is 0 Å². The molecule has 128 valence electrons.